The van der Waals surface area contributed by atoms with Crippen LogP contribution in [-0.4, -0.2) is 6.54 Å². The normalized spacial score (nSPS) is 19.7. The van der Waals surface area contributed by atoms with Gasteiger partial charge in [0.1, 0.15) is 5.82 Å². The van der Waals surface area contributed by atoms with Crippen LogP contribution < -0.4 is 5.32 Å². The van der Waals surface area contributed by atoms with Gasteiger partial charge in [-0.25, -0.2) is 4.39 Å². The molecule has 0 atom stereocenters. The van der Waals surface area contributed by atoms with Crippen molar-refractivity contribution >= 4 is 11.3 Å². The van der Waals surface area contributed by atoms with Crippen molar-refractivity contribution in [3.63, 3.8) is 0 Å². The van der Waals surface area contributed by atoms with E-state index in [1.165, 1.54) is 31.2 Å². The monoisotopic (exact) mass is 301 g/mol. The molecule has 0 radical (unpaired) electrons. The van der Waals surface area contributed by atoms with Gasteiger partial charge in [0.2, 0.25) is 0 Å². The topological polar surface area (TPSA) is 12.0 Å². The molecule has 2 aliphatic carbocycles. The smallest absolute Gasteiger partial charge is 0.131 e. The van der Waals surface area contributed by atoms with Gasteiger partial charge in [-0.1, -0.05) is 12.1 Å². The lowest BCUT2D eigenvalue weighted by Gasteiger charge is -2.15. The fourth-order valence-electron chi connectivity index (χ4n) is 3.34. The van der Waals surface area contributed by atoms with Crippen molar-refractivity contribution in [1.82, 2.24) is 5.32 Å². The average molecular weight is 301 g/mol. The standard InChI is InChI=1S/C18H20FNS/c19-16-6-3-13(10-15(16)17-2-1-9-21-17)11-20-12-18(7-8-18)14-4-5-14/h1-3,6,9-10,14,20H,4-5,7-8,11-12H2. The molecule has 0 aliphatic heterocycles. The van der Waals surface area contributed by atoms with Crippen LogP contribution in [0.15, 0.2) is 35.7 Å². The summed E-state index contributed by atoms with van der Waals surface area (Å²) in [5, 5.41) is 5.59. The van der Waals surface area contributed by atoms with Crippen LogP contribution in [0.4, 0.5) is 4.39 Å². The minimum atomic E-state index is -0.127. The Kier molecular flexibility index (Phi) is 3.35. The van der Waals surface area contributed by atoms with E-state index in [9.17, 15) is 4.39 Å². The number of halogens is 1. The van der Waals surface area contributed by atoms with Gasteiger partial charge in [0.15, 0.2) is 0 Å². The van der Waals surface area contributed by atoms with Crippen LogP contribution in [0.1, 0.15) is 31.2 Å². The maximum atomic E-state index is 14.0. The Balaban J connectivity index is 1.42. The highest BCUT2D eigenvalue weighted by atomic mass is 32.1. The summed E-state index contributed by atoms with van der Waals surface area (Å²) in [6, 6.07) is 9.43. The third-order valence-corrected chi connectivity index (χ3v) is 5.86. The van der Waals surface area contributed by atoms with E-state index in [-0.39, 0.29) is 5.82 Å². The van der Waals surface area contributed by atoms with Crippen LogP contribution in [0.3, 0.4) is 0 Å². The Morgan fingerprint density at radius 2 is 2.10 bits per heavy atom. The summed E-state index contributed by atoms with van der Waals surface area (Å²) in [6.45, 7) is 1.97. The molecule has 3 heteroatoms. The lowest BCUT2D eigenvalue weighted by Crippen LogP contribution is -2.25. The van der Waals surface area contributed by atoms with Crippen molar-refractivity contribution in [3.05, 3.63) is 47.1 Å². The number of thiophene rings is 1. The van der Waals surface area contributed by atoms with E-state index in [0.717, 1.165) is 29.4 Å². The Bertz CT molecular complexity index is 627. The molecular formula is C18H20FNS. The highest BCUT2D eigenvalue weighted by Crippen LogP contribution is 2.60. The second-order valence-electron chi connectivity index (χ2n) is 6.53. The molecule has 1 aromatic heterocycles. The summed E-state index contributed by atoms with van der Waals surface area (Å²) in [6.07, 6.45) is 5.66. The number of hydrogen-bond acceptors (Lipinski definition) is 2. The Morgan fingerprint density at radius 1 is 1.24 bits per heavy atom. The summed E-state index contributed by atoms with van der Waals surface area (Å²) < 4.78 is 14.0. The maximum Gasteiger partial charge on any atom is 0.131 e. The summed E-state index contributed by atoms with van der Waals surface area (Å²) >= 11 is 1.59. The van der Waals surface area contributed by atoms with Crippen LogP contribution in [0, 0.1) is 17.2 Å². The summed E-state index contributed by atoms with van der Waals surface area (Å²) in [4.78, 5) is 1.01. The highest BCUT2D eigenvalue weighted by molar-refractivity contribution is 7.13. The molecule has 0 unspecified atom stereocenters. The van der Waals surface area contributed by atoms with Gasteiger partial charge in [-0.05, 0) is 66.2 Å². The van der Waals surface area contributed by atoms with Crippen molar-refractivity contribution in [2.75, 3.05) is 6.54 Å². The predicted octanol–water partition coefficient (Wildman–Crippen LogP) is 4.83. The minimum absolute atomic E-state index is 0.127. The number of nitrogens with one attached hydrogen (secondary N) is 1. The Morgan fingerprint density at radius 3 is 2.76 bits per heavy atom. The van der Waals surface area contributed by atoms with Gasteiger partial charge >= 0.3 is 0 Å². The summed E-state index contributed by atoms with van der Waals surface area (Å²) in [5.74, 6) is 0.859. The summed E-state index contributed by atoms with van der Waals surface area (Å²) in [7, 11) is 0. The molecule has 1 aromatic carbocycles. The lowest BCUT2D eigenvalue weighted by atomic mass is 10.0. The van der Waals surface area contributed by atoms with Gasteiger partial charge in [0.25, 0.3) is 0 Å². The van der Waals surface area contributed by atoms with Crippen LogP contribution in [0.5, 0.6) is 0 Å². The first-order chi connectivity index (χ1) is 10.3. The van der Waals surface area contributed by atoms with Crippen molar-refractivity contribution in [3.8, 4) is 10.4 Å². The van der Waals surface area contributed by atoms with E-state index in [2.05, 4.69) is 5.32 Å². The van der Waals surface area contributed by atoms with Crippen molar-refractivity contribution in [2.24, 2.45) is 11.3 Å². The molecule has 1 heterocycles. The molecule has 1 nitrogen and oxygen atoms in total. The first-order valence-electron chi connectivity index (χ1n) is 7.80. The fraction of sp³-hybridized carbons (Fsp3) is 0.444. The second kappa shape index (κ2) is 5.22. The van der Waals surface area contributed by atoms with Crippen molar-refractivity contribution in [1.29, 1.82) is 0 Å². The molecule has 110 valence electrons. The van der Waals surface area contributed by atoms with E-state index >= 15 is 0 Å². The molecule has 0 bridgehead atoms. The van der Waals surface area contributed by atoms with Gasteiger partial charge in [-0.3, -0.25) is 0 Å². The third-order valence-electron chi connectivity index (χ3n) is 4.96. The zero-order valence-electron chi connectivity index (χ0n) is 12.1. The summed E-state index contributed by atoms with van der Waals surface area (Å²) in [5.41, 5.74) is 2.52. The fourth-order valence-corrected chi connectivity index (χ4v) is 4.09. The molecule has 1 N–H and O–H groups in total. The SMILES string of the molecule is Fc1ccc(CNCC2(C3CC3)CC2)cc1-c1cccs1. The van der Waals surface area contributed by atoms with E-state index in [0.29, 0.717) is 5.41 Å². The van der Waals surface area contributed by atoms with Gasteiger partial charge in [0.05, 0.1) is 0 Å². The quantitative estimate of drug-likeness (QED) is 0.805. The highest BCUT2D eigenvalue weighted by Gasteiger charge is 2.53. The molecule has 2 aromatic rings. The first kappa shape index (κ1) is 13.5. The van der Waals surface area contributed by atoms with Crippen LogP contribution in [0.25, 0.3) is 10.4 Å². The number of hydrogen-bond donors (Lipinski definition) is 1. The van der Waals surface area contributed by atoms with E-state index < -0.39 is 0 Å². The second-order valence-corrected chi connectivity index (χ2v) is 7.48. The van der Waals surface area contributed by atoms with Crippen LogP contribution in [-0.2, 0) is 6.54 Å². The van der Waals surface area contributed by atoms with Crippen LogP contribution >= 0.6 is 11.3 Å². The lowest BCUT2D eigenvalue weighted by molar-refractivity contribution is 0.403. The van der Waals surface area contributed by atoms with Gasteiger partial charge in [-0.2, -0.15) is 0 Å². The largest absolute Gasteiger partial charge is 0.312 e. The van der Waals surface area contributed by atoms with E-state index in [4.69, 9.17) is 0 Å². The molecule has 21 heavy (non-hydrogen) atoms. The average Bonchev–Trinajstić information content (AvgIpc) is 3.40. The molecule has 0 amide bonds. The molecule has 0 spiro atoms. The minimum Gasteiger partial charge on any atom is -0.312 e. The maximum absolute atomic E-state index is 14.0. The number of benzene rings is 1. The zero-order chi connectivity index (χ0) is 14.3. The molecule has 2 saturated carbocycles. The van der Waals surface area contributed by atoms with Gasteiger partial charge in [0, 0.05) is 23.5 Å². The third kappa shape index (κ3) is 2.77. The van der Waals surface area contributed by atoms with E-state index in [1.807, 2.05) is 29.6 Å². The Labute approximate surface area is 129 Å². The molecule has 2 fully saturated rings. The van der Waals surface area contributed by atoms with Crippen molar-refractivity contribution < 1.29 is 4.39 Å². The predicted molar refractivity (Wildman–Crippen MR) is 85.8 cm³/mol. The molecule has 0 saturated heterocycles. The zero-order valence-corrected chi connectivity index (χ0v) is 12.9. The molecule has 4 rings (SSSR count). The number of rotatable bonds is 6. The first-order valence-corrected chi connectivity index (χ1v) is 8.68. The van der Waals surface area contributed by atoms with Gasteiger partial charge < -0.3 is 5.32 Å². The van der Waals surface area contributed by atoms with Crippen molar-refractivity contribution in [2.45, 2.75) is 32.2 Å². The van der Waals surface area contributed by atoms with E-state index in [1.54, 1.807) is 17.4 Å². The Hall–Kier alpha value is -1.19. The van der Waals surface area contributed by atoms with Gasteiger partial charge in [-0.15, -0.1) is 11.3 Å². The molecule has 2 aliphatic rings. The molecular weight excluding hydrogens is 281 g/mol. The van der Waals surface area contributed by atoms with Crippen LogP contribution in [0.2, 0.25) is 0 Å².